The highest BCUT2D eigenvalue weighted by molar-refractivity contribution is 8.15. The van der Waals surface area contributed by atoms with E-state index in [1.54, 1.807) is 24.3 Å². The van der Waals surface area contributed by atoms with Crippen molar-refractivity contribution in [2.24, 2.45) is 4.99 Å². The number of rotatable bonds is 9. The number of amides is 3. The molecule has 2 unspecified atom stereocenters. The molecule has 8 heteroatoms. The molecule has 0 saturated carbocycles. The Morgan fingerprint density at radius 3 is 2.58 bits per heavy atom. The van der Waals surface area contributed by atoms with E-state index in [2.05, 4.69) is 27.4 Å². The van der Waals surface area contributed by atoms with Crippen LogP contribution in [-0.2, 0) is 9.59 Å². The maximum Gasteiger partial charge on any atom is 0.262 e. The molecule has 1 aromatic rings. The molecule has 3 amide bonds. The molecule has 0 aromatic heterocycles. The van der Waals surface area contributed by atoms with E-state index in [0.29, 0.717) is 11.3 Å². The first-order valence-electron chi connectivity index (χ1n) is 11.2. The van der Waals surface area contributed by atoms with Crippen molar-refractivity contribution >= 4 is 40.3 Å². The largest absolute Gasteiger partial charge is 0.351 e. The van der Waals surface area contributed by atoms with Crippen LogP contribution >= 0.6 is 11.8 Å². The van der Waals surface area contributed by atoms with Crippen molar-refractivity contribution in [3.8, 4) is 0 Å². The molecule has 168 valence electrons. The van der Waals surface area contributed by atoms with Gasteiger partial charge in [-0.25, -0.2) is 0 Å². The monoisotopic (exact) mass is 444 g/mol. The third-order valence-corrected chi connectivity index (χ3v) is 6.74. The Morgan fingerprint density at radius 1 is 1.19 bits per heavy atom. The lowest BCUT2D eigenvalue weighted by atomic mass is 10.1. The lowest BCUT2D eigenvalue weighted by Gasteiger charge is -2.16. The summed E-state index contributed by atoms with van der Waals surface area (Å²) >= 11 is 1.39. The van der Waals surface area contributed by atoms with Gasteiger partial charge in [0.05, 0.1) is 0 Å². The lowest BCUT2D eigenvalue weighted by Crippen LogP contribution is -2.32. The van der Waals surface area contributed by atoms with Crippen molar-refractivity contribution in [2.75, 3.05) is 18.4 Å². The van der Waals surface area contributed by atoms with Gasteiger partial charge in [0.25, 0.3) is 11.8 Å². The number of likely N-dealkylation sites (tertiary alicyclic amines) is 1. The third-order valence-electron chi connectivity index (χ3n) is 5.53. The molecule has 2 atom stereocenters. The Kier molecular flexibility index (Phi) is 8.51. The highest BCUT2D eigenvalue weighted by Gasteiger charge is 2.33. The van der Waals surface area contributed by atoms with Crippen molar-refractivity contribution in [3.05, 3.63) is 29.8 Å². The first-order valence-corrected chi connectivity index (χ1v) is 12.1. The second-order valence-electron chi connectivity index (χ2n) is 8.23. The quantitative estimate of drug-likeness (QED) is 0.565. The molecule has 0 bridgehead atoms. The minimum absolute atomic E-state index is 0.0852. The smallest absolute Gasteiger partial charge is 0.262 e. The van der Waals surface area contributed by atoms with E-state index in [0.717, 1.165) is 50.4 Å². The molecule has 31 heavy (non-hydrogen) atoms. The number of carbonyl (C=O) groups is 3. The Bertz CT molecular complexity index is 819. The summed E-state index contributed by atoms with van der Waals surface area (Å²) in [6.45, 7) is 6.03. The molecular formula is C23H32N4O3S. The van der Waals surface area contributed by atoms with Crippen LogP contribution < -0.4 is 10.6 Å². The number of carbonyl (C=O) groups excluding carboxylic acids is 3. The topological polar surface area (TPSA) is 90.9 Å². The van der Waals surface area contributed by atoms with Crippen LogP contribution in [0.2, 0.25) is 0 Å². The molecule has 1 fully saturated rings. The normalized spacial score (nSPS) is 19.3. The van der Waals surface area contributed by atoms with Gasteiger partial charge < -0.3 is 15.5 Å². The predicted octanol–water partition coefficient (Wildman–Crippen LogP) is 3.81. The molecule has 2 N–H and O–H groups in total. The van der Waals surface area contributed by atoms with Crippen LogP contribution in [0, 0.1) is 0 Å². The van der Waals surface area contributed by atoms with E-state index >= 15 is 0 Å². The van der Waals surface area contributed by atoms with Crippen LogP contribution in [0.25, 0.3) is 0 Å². The maximum absolute atomic E-state index is 12.4. The second kappa shape index (κ2) is 11.3. The summed E-state index contributed by atoms with van der Waals surface area (Å²) in [5.74, 6) is -0.575. The van der Waals surface area contributed by atoms with Crippen LogP contribution in [0.5, 0.6) is 0 Å². The average Bonchev–Trinajstić information content (AvgIpc) is 3.39. The number of hydrogen-bond donors (Lipinski definition) is 2. The van der Waals surface area contributed by atoms with Gasteiger partial charge in [0.2, 0.25) is 5.91 Å². The molecule has 0 aliphatic carbocycles. The van der Waals surface area contributed by atoms with Gasteiger partial charge in [-0.05, 0) is 50.5 Å². The summed E-state index contributed by atoms with van der Waals surface area (Å²) in [6, 6.07) is 6.96. The summed E-state index contributed by atoms with van der Waals surface area (Å²) in [7, 11) is 0. The molecule has 2 aliphatic heterocycles. The van der Waals surface area contributed by atoms with Crippen molar-refractivity contribution in [1.82, 2.24) is 10.2 Å². The van der Waals surface area contributed by atoms with E-state index < -0.39 is 5.25 Å². The van der Waals surface area contributed by atoms with Gasteiger partial charge in [0.1, 0.15) is 5.25 Å². The van der Waals surface area contributed by atoms with Crippen LogP contribution in [0.4, 0.5) is 5.69 Å². The molecule has 0 spiro atoms. The number of hydrogen-bond acceptors (Lipinski definition) is 5. The van der Waals surface area contributed by atoms with Crippen LogP contribution in [0.3, 0.4) is 0 Å². The van der Waals surface area contributed by atoms with Gasteiger partial charge in [-0.15, -0.1) is 0 Å². The Balaban J connectivity index is 1.44. The van der Waals surface area contributed by atoms with E-state index in [1.807, 2.05) is 6.92 Å². The Hall–Kier alpha value is -2.35. The molecule has 3 rings (SSSR count). The Morgan fingerprint density at radius 2 is 1.90 bits per heavy atom. The molecule has 2 aliphatic rings. The standard InChI is InChI=1S/C23H32N4O3S/c1-3-4-5-8-16(2)24-21(29)17-9-11-18(12-10-17)25-20(28)15-19-22(30)26-23(31-19)27-13-6-7-14-27/h9-12,16,19H,3-8,13-15H2,1-2H3,(H,24,29)(H,25,28). The van der Waals surface area contributed by atoms with E-state index in [4.69, 9.17) is 0 Å². The summed E-state index contributed by atoms with van der Waals surface area (Å²) in [5.41, 5.74) is 1.17. The average molecular weight is 445 g/mol. The zero-order valence-corrected chi connectivity index (χ0v) is 19.2. The molecular weight excluding hydrogens is 412 g/mol. The lowest BCUT2D eigenvalue weighted by molar-refractivity contribution is -0.121. The molecule has 0 radical (unpaired) electrons. The molecule has 2 heterocycles. The first kappa shape index (κ1) is 23.3. The number of thioether (sulfide) groups is 1. The van der Waals surface area contributed by atoms with Crippen molar-refractivity contribution < 1.29 is 14.4 Å². The fourth-order valence-electron chi connectivity index (χ4n) is 3.72. The van der Waals surface area contributed by atoms with Gasteiger partial charge in [-0.2, -0.15) is 4.99 Å². The van der Waals surface area contributed by atoms with Gasteiger partial charge in [-0.1, -0.05) is 37.9 Å². The van der Waals surface area contributed by atoms with E-state index in [9.17, 15) is 14.4 Å². The summed E-state index contributed by atoms with van der Waals surface area (Å²) in [4.78, 5) is 43.2. The number of amidine groups is 1. The zero-order valence-electron chi connectivity index (χ0n) is 18.4. The third kappa shape index (κ3) is 6.82. The highest BCUT2D eigenvalue weighted by Crippen LogP contribution is 2.29. The fourth-order valence-corrected chi connectivity index (χ4v) is 4.84. The minimum atomic E-state index is -0.463. The number of aliphatic imine (C=N–C) groups is 1. The van der Waals surface area contributed by atoms with E-state index in [-0.39, 0.29) is 30.2 Å². The molecule has 7 nitrogen and oxygen atoms in total. The molecule has 1 saturated heterocycles. The van der Waals surface area contributed by atoms with Gasteiger partial charge in [0.15, 0.2) is 5.17 Å². The maximum atomic E-state index is 12.4. The van der Waals surface area contributed by atoms with E-state index in [1.165, 1.54) is 18.2 Å². The number of benzene rings is 1. The fraction of sp³-hybridized carbons (Fsp3) is 0.565. The predicted molar refractivity (Wildman–Crippen MR) is 125 cm³/mol. The highest BCUT2D eigenvalue weighted by atomic mass is 32.2. The van der Waals surface area contributed by atoms with Crippen LogP contribution in [0.1, 0.15) is 69.2 Å². The summed E-state index contributed by atoms with van der Waals surface area (Å²) in [5, 5.41) is 6.11. The number of nitrogens with one attached hydrogen (secondary N) is 2. The first-order chi connectivity index (χ1) is 15.0. The van der Waals surface area contributed by atoms with Gasteiger partial charge in [0, 0.05) is 36.8 Å². The van der Waals surface area contributed by atoms with Crippen LogP contribution in [0.15, 0.2) is 29.3 Å². The van der Waals surface area contributed by atoms with Gasteiger partial charge in [-0.3, -0.25) is 14.4 Å². The minimum Gasteiger partial charge on any atom is -0.351 e. The summed E-state index contributed by atoms with van der Waals surface area (Å²) < 4.78 is 0. The number of nitrogens with zero attached hydrogens (tertiary/aromatic N) is 2. The van der Waals surface area contributed by atoms with Crippen molar-refractivity contribution in [1.29, 1.82) is 0 Å². The summed E-state index contributed by atoms with van der Waals surface area (Å²) in [6.07, 6.45) is 6.72. The number of anilines is 1. The van der Waals surface area contributed by atoms with Crippen LogP contribution in [-0.4, -0.2) is 52.2 Å². The second-order valence-corrected chi connectivity index (χ2v) is 9.40. The van der Waals surface area contributed by atoms with Crippen molar-refractivity contribution in [3.63, 3.8) is 0 Å². The molecule has 1 aromatic carbocycles. The van der Waals surface area contributed by atoms with Crippen molar-refractivity contribution in [2.45, 2.75) is 70.1 Å². The number of unbranched alkanes of at least 4 members (excludes halogenated alkanes) is 2. The zero-order chi connectivity index (χ0) is 22.2. The Labute approximate surface area is 188 Å². The van der Waals surface area contributed by atoms with Gasteiger partial charge >= 0.3 is 0 Å². The SMILES string of the molecule is CCCCCC(C)NC(=O)c1ccc(NC(=O)CC2SC(N3CCCC3)=NC2=O)cc1.